The van der Waals surface area contributed by atoms with Crippen molar-refractivity contribution in [3.63, 3.8) is 0 Å². The highest BCUT2D eigenvalue weighted by Gasteiger charge is 2.17. The Hall–Kier alpha value is -2.60. The van der Waals surface area contributed by atoms with Crippen molar-refractivity contribution in [3.05, 3.63) is 54.4 Å². The Bertz CT molecular complexity index is 722. The van der Waals surface area contributed by atoms with Crippen LogP contribution in [-0.4, -0.2) is 66.1 Å². The summed E-state index contributed by atoms with van der Waals surface area (Å²) in [6.45, 7) is 8.17. The maximum absolute atomic E-state index is 13.0. The number of esters is 1. The zero-order valence-electron chi connectivity index (χ0n) is 17.1. The van der Waals surface area contributed by atoms with Gasteiger partial charge in [0.1, 0.15) is 0 Å². The number of ether oxygens (including phenoxy) is 1. The third-order valence-corrected chi connectivity index (χ3v) is 4.91. The maximum Gasteiger partial charge on any atom is 0.307 e. The SMILES string of the molecule is CCN(CC)CCCN(CCC(=O)OC)C(=O)c1ccc(-n2cccc2)cc1. The molecule has 0 saturated heterocycles. The van der Waals surface area contributed by atoms with Gasteiger partial charge >= 0.3 is 5.97 Å². The Morgan fingerprint density at radius 1 is 0.964 bits per heavy atom. The Labute approximate surface area is 167 Å². The van der Waals surface area contributed by atoms with Gasteiger partial charge in [-0.15, -0.1) is 0 Å². The van der Waals surface area contributed by atoms with Crippen molar-refractivity contribution in [2.45, 2.75) is 26.7 Å². The summed E-state index contributed by atoms with van der Waals surface area (Å²) in [7, 11) is 1.37. The van der Waals surface area contributed by atoms with E-state index >= 15 is 0 Å². The molecule has 0 aliphatic carbocycles. The summed E-state index contributed by atoms with van der Waals surface area (Å²) < 4.78 is 6.73. The average molecular weight is 386 g/mol. The Kier molecular flexibility index (Phi) is 8.75. The number of hydrogen-bond acceptors (Lipinski definition) is 4. The van der Waals surface area contributed by atoms with E-state index < -0.39 is 0 Å². The molecule has 28 heavy (non-hydrogen) atoms. The van der Waals surface area contributed by atoms with Crippen molar-refractivity contribution >= 4 is 11.9 Å². The molecule has 2 rings (SSSR count). The summed E-state index contributed by atoms with van der Waals surface area (Å²) in [6.07, 6.45) is 5.00. The van der Waals surface area contributed by atoms with Gasteiger partial charge in [0.15, 0.2) is 0 Å². The Balaban J connectivity index is 2.04. The fraction of sp³-hybridized carbons (Fsp3) is 0.455. The van der Waals surface area contributed by atoms with Gasteiger partial charge in [-0.1, -0.05) is 13.8 Å². The van der Waals surface area contributed by atoms with Gasteiger partial charge in [0.25, 0.3) is 5.91 Å². The number of aromatic nitrogens is 1. The predicted octanol–water partition coefficient (Wildman–Crippen LogP) is 3.21. The second-order valence-electron chi connectivity index (χ2n) is 6.64. The number of methoxy groups -OCH3 is 1. The molecule has 0 atom stereocenters. The molecule has 6 heteroatoms. The van der Waals surface area contributed by atoms with Crippen molar-refractivity contribution in [1.82, 2.24) is 14.4 Å². The third-order valence-electron chi connectivity index (χ3n) is 4.91. The highest BCUT2D eigenvalue weighted by molar-refractivity contribution is 5.94. The molecule has 0 N–H and O–H groups in total. The molecule has 0 fully saturated rings. The molecule has 0 unspecified atom stereocenters. The minimum Gasteiger partial charge on any atom is -0.469 e. The summed E-state index contributed by atoms with van der Waals surface area (Å²) in [5.41, 5.74) is 1.63. The summed E-state index contributed by atoms with van der Waals surface area (Å²) in [5.74, 6) is -0.355. The van der Waals surface area contributed by atoms with Crippen molar-refractivity contribution in [3.8, 4) is 5.69 Å². The molecule has 0 radical (unpaired) electrons. The number of nitrogens with zero attached hydrogens (tertiary/aromatic N) is 3. The third kappa shape index (κ3) is 6.23. The van der Waals surface area contributed by atoms with E-state index in [1.54, 1.807) is 4.90 Å². The van der Waals surface area contributed by atoms with Crippen LogP contribution < -0.4 is 0 Å². The molecule has 0 aliphatic rings. The van der Waals surface area contributed by atoms with Crippen molar-refractivity contribution in [2.75, 3.05) is 39.8 Å². The molecule has 152 valence electrons. The molecule has 0 spiro atoms. The van der Waals surface area contributed by atoms with E-state index in [9.17, 15) is 9.59 Å². The van der Waals surface area contributed by atoms with Crippen LogP contribution in [0.1, 0.15) is 37.0 Å². The van der Waals surface area contributed by atoms with E-state index in [1.807, 2.05) is 53.4 Å². The predicted molar refractivity (Wildman–Crippen MR) is 111 cm³/mol. The Morgan fingerprint density at radius 2 is 1.61 bits per heavy atom. The zero-order chi connectivity index (χ0) is 20.4. The summed E-state index contributed by atoms with van der Waals surface area (Å²) in [4.78, 5) is 28.6. The van der Waals surface area contributed by atoms with Gasteiger partial charge in [0, 0.05) is 36.7 Å². The van der Waals surface area contributed by atoms with Crippen LogP contribution in [0.15, 0.2) is 48.8 Å². The molecule has 1 heterocycles. The second-order valence-corrected chi connectivity index (χ2v) is 6.64. The molecule has 1 aromatic carbocycles. The lowest BCUT2D eigenvalue weighted by molar-refractivity contribution is -0.140. The molecule has 0 bridgehead atoms. The lowest BCUT2D eigenvalue weighted by atomic mass is 10.1. The number of rotatable bonds is 11. The quantitative estimate of drug-likeness (QED) is 0.558. The summed E-state index contributed by atoms with van der Waals surface area (Å²) in [5, 5.41) is 0. The topological polar surface area (TPSA) is 54.8 Å². The van der Waals surface area contributed by atoms with E-state index in [2.05, 4.69) is 18.7 Å². The normalized spacial score (nSPS) is 10.9. The first-order chi connectivity index (χ1) is 13.6. The van der Waals surface area contributed by atoms with Gasteiger partial charge in [-0.2, -0.15) is 0 Å². The fourth-order valence-electron chi connectivity index (χ4n) is 3.13. The summed E-state index contributed by atoms with van der Waals surface area (Å²) in [6, 6.07) is 11.5. The zero-order valence-corrected chi connectivity index (χ0v) is 17.1. The minimum atomic E-state index is -0.301. The van der Waals surface area contributed by atoms with Crippen LogP contribution in [0.25, 0.3) is 5.69 Å². The maximum atomic E-state index is 13.0. The van der Waals surface area contributed by atoms with Crippen LogP contribution in [0.5, 0.6) is 0 Å². The van der Waals surface area contributed by atoms with Gasteiger partial charge in [-0.05, 0) is 62.5 Å². The summed E-state index contributed by atoms with van der Waals surface area (Å²) >= 11 is 0. The highest BCUT2D eigenvalue weighted by Crippen LogP contribution is 2.13. The fourth-order valence-corrected chi connectivity index (χ4v) is 3.13. The number of benzene rings is 1. The van der Waals surface area contributed by atoms with E-state index in [4.69, 9.17) is 4.74 Å². The van der Waals surface area contributed by atoms with Gasteiger partial charge in [-0.25, -0.2) is 0 Å². The van der Waals surface area contributed by atoms with Crippen LogP contribution in [0, 0.1) is 0 Å². The molecule has 0 aliphatic heterocycles. The van der Waals surface area contributed by atoms with Crippen molar-refractivity contribution in [1.29, 1.82) is 0 Å². The lowest BCUT2D eigenvalue weighted by Gasteiger charge is -2.25. The van der Waals surface area contributed by atoms with Crippen LogP contribution in [0.4, 0.5) is 0 Å². The van der Waals surface area contributed by atoms with Gasteiger partial charge < -0.3 is 19.1 Å². The molecule has 6 nitrogen and oxygen atoms in total. The van der Waals surface area contributed by atoms with E-state index in [-0.39, 0.29) is 18.3 Å². The Morgan fingerprint density at radius 3 is 2.18 bits per heavy atom. The van der Waals surface area contributed by atoms with Crippen molar-refractivity contribution < 1.29 is 14.3 Å². The first kappa shape index (κ1) is 21.7. The largest absolute Gasteiger partial charge is 0.469 e. The van der Waals surface area contributed by atoms with E-state index in [0.29, 0.717) is 18.7 Å². The lowest BCUT2D eigenvalue weighted by Crippen LogP contribution is -2.36. The van der Waals surface area contributed by atoms with Crippen LogP contribution >= 0.6 is 0 Å². The van der Waals surface area contributed by atoms with Crippen molar-refractivity contribution in [2.24, 2.45) is 0 Å². The van der Waals surface area contributed by atoms with Gasteiger partial charge in [-0.3, -0.25) is 9.59 Å². The second kappa shape index (κ2) is 11.3. The van der Waals surface area contributed by atoms with E-state index in [1.165, 1.54) is 7.11 Å². The smallest absolute Gasteiger partial charge is 0.307 e. The highest BCUT2D eigenvalue weighted by atomic mass is 16.5. The molecule has 1 aromatic heterocycles. The molecular formula is C22H31N3O3. The average Bonchev–Trinajstić information content (AvgIpc) is 3.27. The monoisotopic (exact) mass is 385 g/mol. The minimum absolute atomic E-state index is 0.0532. The number of amides is 1. The van der Waals surface area contributed by atoms with Crippen LogP contribution in [-0.2, 0) is 9.53 Å². The molecule has 2 aromatic rings. The van der Waals surface area contributed by atoms with E-state index in [0.717, 1.165) is 31.7 Å². The first-order valence-electron chi connectivity index (χ1n) is 9.90. The molecule has 1 amide bonds. The number of hydrogen-bond donors (Lipinski definition) is 0. The number of carbonyl (C=O) groups excluding carboxylic acids is 2. The number of carbonyl (C=O) groups is 2. The standard InChI is InChI=1S/C22H31N3O3/c1-4-23(5-2)14-8-17-25(18-13-21(26)28-3)22(27)19-9-11-20(12-10-19)24-15-6-7-16-24/h6-7,9-12,15-16H,4-5,8,13-14,17-18H2,1-3H3. The van der Waals surface area contributed by atoms with Gasteiger partial charge in [0.2, 0.25) is 0 Å². The van der Waals surface area contributed by atoms with Crippen LogP contribution in [0.3, 0.4) is 0 Å². The molecule has 0 saturated carbocycles. The van der Waals surface area contributed by atoms with Gasteiger partial charge in [0.05, 0.1) is 13.5 Å². The molecular weight excluding hydrogens is 354 g/mol. The van der Waals surface area contributed by atoms with Crippen LogP contribution in [0.2, 0.25) is 0 Å². The first-order valence-corrected chi connectivity index (χ1v) is 9.90.